The van der Waals surface area contributed by atoms with E-state index in [0.29, 0.717) is 36.2 Å². The van der Waals surface area contributed by atoms with E-state index in [0.717, 1.165) is 48.7 Å². The summed E-state index contributed by atoms with van der Waals surface area (Å²) in [6.07, 6.45) is 14.7. The molecule has 2 amide bonds. The van der Waals surface area contributed by atoms with E-state index in [1.807, 2.05) is 0 Å². The monoisotopic (exact) mass is 900 g/mol. The van der Waals surface area contributed by atoms with E-state index in [-0.39, 0.29) is 44.5 Å². The summed E-state index contributed by atoms with van der Waals surface area (Å²) in [5.74, 6) is 1.21. The molecule has 8 aliphatic rings. The Balaban J connectivity index is 0.000000139. The summed E-state index contributed by atoms with van der Waals surface area (Å²) < 4.78 is 22.2. The summed E-state index contributed by atoms with van der Waals surface area (Å²) in [5.41, 5.74) is 2.17. The molecule has 0 bridgehead atoms. The molecule has 10 rings (SSSR count). The highest BCUT2D eigenvalue weighted by Gasteiger charge is 2.86. The highest BCUT2D eigenvalue weighted by atomic mass is 35.5. The third kappa shape index (κ3) is 9.04. The van der Waals surface area contributed by atoms with Crippen LogP contribution in [0.4, 0.5) is 5.82 Å². The number of nitrogens with zero attached hydrogens (tertiary/aromatic N) is 3. The second-order valence-electron chi connectivity index (χ2n) is 20.4. The van der Waals surface area contributed by atoms with Gasteiger partial charge < -0.3 is 24.3 Å². The number of hydrogen-bond acceptors (Lipinski definition) is 10. The number of ether oxygens (including phenoxy) is 4. The zero-order valence-electron chi connectivity index (χ0n) is 36.2. The first-order chi connectivity index (χ1) is 28.7. The predicted molar refractivity (Wildman–Crippen MR) is 231 cm³/mol. The van der Waals surface area contributed by atoms with Crippen molar-refractivity contribution >= 4 is 64.4 Å². The molecule has 6 aliphatic carbocycles. The van der Waals surface area contributed by atoms with Gasteiger partial charge in [-0.05, 0) is 170 Å². The molecule has 4 spiro atoms. The molecule has 8 fully saturated rings. The van der Waals surface area contributed by atoms with E-state index in [2.05, 4.69) is 15.3 Å². The molecule has 6 saturated carbocycles. The third-order valence-corrected chi connectivity index (χ3v) is 15.2. The van der Waals surface area contributed by atoms with Crippen LogP contribution in [0.25, 0.3) is 0 Å². The number of anilines is 1. The van der Waals surface area contributed by atoms with E-state index in [9.17, 15) is 19.2 Å². The first-order valence-corrected chi connectivity index (χ1v) is 23.2. The van der Waals surface area contributed by atoms with Crippen molar-refractivity contribution in [2.75, 3.05) is 31.2 Å². The Bertz CT molecular complexity index is 2030. The van der Waals surface area contributed by atoms with Crippen LogP contribution in [0.5, 0.6) is 0 Å². The van der Waals surface area contributed by atoms with Gasteiger partial charge in [-0.15, -0.1) is 0 Å². The highest BCUT2D eigenvalue weighted by Crippen LogP contribution is 2.93. The molecular formula is C46H59Cl3N4O8. The van der Waals surface area contributed by atoms with Gasteiger partial charge in [0.05, 0.1) is 11.1 Å². The Morgan fingerprint density at radius 2 is 1.15 bits per heavy atom. The van der Waals surface area contributed by atoms with E-state index in [1.54, 1.807) is 58.6 Å². The Morgan fingerprint density at radius 3 is 1.56 bits per heavy atom. The third-order valence-electron chi connectivity index (χ3n) is 14.4. The molecule has 0 radical (unpaired) electrons. The molecule has 2 aliphatic heterocycles. The fraction of sp³-hybridized carbons (Fsp3) is 0.696. The minimum atomic E-state index is -0.618. The smallest absolute Gasteiger partial charge is 0.341 e. The van der Waals surface area contributed by atoms with Crippen LogP contribution in [0.2, 0.25) is 15.5 Å². The van der Waals surface area contributed by atoms with Crippen molar-refractivity contribution in [1.82, 2.24) is 15.3 Å². The van der Waals surface area contributed by atoms with Crippen molar-refractivity contribution in [3.8, 4) is 0 Å². The minimum absolute atomic E-state index is 0.0390. The van der Waals surface area contributed by atoms with E-state index >= 15 is 0 Å². The van der Waals surface area contributed by atoms with Crippen LogP contribution in [-0.2, 0) is 28.5 Å². The van der Waals surface area contributed by atoms with Gasteiger partial charge in [-0.3, -0.25) is 14.5 Å². The van der Waals surface area contributed by atoms with Crippen LogP contribution in [0, 0.1) is 33.5 Å². The van der Waals surface area contributed by atoms with E-state index in [1.165, 1.54) is 69.9 Å². The maximum absolute atomic E-state index is 12.8. The molecule has 2 unspecified atom stereocenters. The minimum Gasteiger partial charge on any atom is -0.456 e. The number of aromatic nitrogens is 2. The summed E-state index contributed by atoms with van der Waals surface area (Å²) in [4.78, 5) is 57.6. The lowest BCUT2D eigenvalue weighted by atomic mass is 10.2. The number of fused-ring (bicyclic) bond motifs is 2. The number of amides is 2. The topological polar surface area (TPSA) is 146 Å². The number of pyridine rings is 2. The molecule has 12 nitrogen and oxygen atoms in total. The Hall–Kier alpha value is -3.03. The predicted octanol–water partition coefficient (Wildman–Crippen LogP) is 9.21. The van der Waals surface area contributed by atoms with E-state index < -0.39 is 29.2 Å². The van der Waals surface area contributed by atoms with Crippen molar-refractivity contribution in [2.24, 2.45) is 33.5 Å². The average molecular weight is 902 g/mol. The van der Waals surface area contributed by atoms with Gasteiger partial charge in [0.25, 0.3) is 5.91 Å². The summed E-state index contributed by atoms with van der Waals surface area (Å²) >= 11 is 17.6. The lowest BCUT2D eigenvalue weighted by molar-refractivity contribution is -0.129. The standard InChI is InChI=1S/C23H29ClN2O4.C13H19NO2.C10H11Cl2NO2/c1-21(2,3)30-20(28)14-4-5-17(25-18(14)24)26-12-6-15(19(26)27)29-13-7-16-22(8-9-22)23(16)10-11-23;15-11-9(1-7-14-11)16-8-2-10-12(3-4-12)13(10)5-6-13;1-10(2,3)15-9(14)6-4-5-7(11)13-8(6)12/h4-5,15-16H,6-13H2,1-3H3;9-10H,1-8H2,(H,14,15);4-5H,1-3H3. The normalized spacial score (nSPS) is 25.1. The quantitative estimate of drug-likeness (QED) is 0.171. The molecule has 2 atom stereocenters. The van der Waals surface area contributed by atoms with Crippen molar-refractivity contribution in [2.45, 2.75) is 142 Å². The lowest BCUT2D eigenvalue weighted by Gasteiger charge is -2.20. The van der Waals surface area contributed by atoms with Crippen LogP contribution in [-0.4, -0.2) is 83.4 Å². The Labute approximate surface area is 373 Å². The molecule has 332 valence electrons. The number of esters is 2. The van der Waals surface area contributed by atoms with Crippen molar-refractivity contribution in [1.29, 1.82) is 0 Å². The van der Waals surface area contributed by atoms with Crippen LogP contribution in [0.1, 0.15) is 139 Å². The molecule has 1 N–H and O–H groups in total. The number of hydrogen-bond donors (Lipinski definition) is 1. The zero-order valence-corrected chi connectivity index (χ0v) is 38.4. The number of rotatable bonds is 11. The van der Waals surface area contributed by atoms with Gasteiger partial charge >= 0.3 is 11.9 Å². The fourth-order valence-corrected chi connectivity index (χ4v) is 11.7. The fourth-order valence-electron chi connectivity index (χ4n) is 11.1. The molecule has 2 aromatic heterocycles. The van der Waals surface area contributed by atoms with Gasteiger partial charge in [0, 0.05) is 32.7 Å². The maximum atomic E-state index is 12.8. The Morgan fingerprint density at radius 1 is 0.689 bits per heavy atom. The van der Waals surface area contributed by atoms with Gasteiger partial charge in [-0.1, -0.05) is 34.8 Å². The second kappa shape index (κ2) is 16.2. The zero-order chi connectivity index (χ0) is 43.8. The number of carbonyl (C=O) groups excluding carboxylic acids is 4. The first-order valence-electron chi connectivity index (χ1n) is 22.0. The largest absolute Gasteiger partial charge is 0.456 e. The molecule has 2 aromatic rings. The summed E-state index contributed by atoms with van der Waals surface area (Å²) in [7, 11) is 0. The van der Waals surface area contributed by atoms with Crippen molar-refractivity contribution in [3.63, 3.8) is 0 Å². The van der Waals surface area contributed by atoms with Gasteiger partial charge in [0.2, 0.25) is 5.91 Å². The Kier molecular flexibility index (Phi) is 11.8. The van der Waals surface area contributed by atoms with Crippen LogP contribution < -0.4 is 10.2 Å². The van der Waals surface area contributed by atoms with Crippen molar-refractivity contribution in [3.05, 3.63) is 50.9 Å². The van der Waals surface area contributed by atoms with Gasteiger partial charge in [-0.2, -0.15) is 0 Å². The SMILES string of the molecule is CC(C)(C)OC(=O)c1ccc(Cl)nc1Cl.CC(C)(C)OC(=O)c1ccc(N2CCC(OCCC3C4(CC4)C34CC4)C2=O)nc1Cl.O=C1NCCC1OCCC1C2(CC2)C12CC2. The molecule has 61 heavy (non-hydrogen) atoms. The summed E-state index contributed by atoms with van der Waals surface area (Å²) in [6.45, 7) is 13.5. The van der Waals surface area contributed by atoms with Gasteiger partial charge in [-0.25, -0.2) is 19.6 Å². The summed E-state index contributed by atoms with van der Waals surface area (Å²) in [5, 5.41) is 3.15. The summed E-state index contributed by atoms with van der Waals surface area (Å²) in [6, 6.07) is 6.19. The second-order valence-corrected chi connectivity index (χ2v) is 21.5. The molecular weight excluding hydrogens is 843 g/mol. The highest BCUT2D eigenvalue weighted by molar-refractivity contribution is 6.34. The van der Waals surface area contributed by atoms with Gasteiger partial charge in [0.1, 0.15) is 44.7 Å². The molecule has 15 heteroatoms. The van der Waals surface area contributed by atoms with Crippen LogP contribution >= 0.6 is 34.8 Å². The van der Waals surface area contributed by atoms with Crippen LogP contribution in [0.3, 0.4) is 0 Å². The van der Waals surface area contributed by atoms with E-state index in [4.69, 9.17) is 53.8 Å². The lowest BCUT2D eigenvalue weighted by Crippen LogP contribution is -2.31. The molecule has 0 aromatic carbocycles. The van der Waals surface area contributed by atoms with Gasteiger partial charge in [0.15, 0.2) is 0 Å². The number of carbonyl (C=O) groups is 4. The number of nitrogens with one attached hydrogen (secondary N) is 1. The molecule has 4 heterocycles. The van der Waals surface area contributed by atoms with Crippen LogP contribution in [0.15, 0.2) is 24.3 Å². The molecule has 2 saturated heterocycles. The first kappa shape index (κ1) is 44.6. The average Bonchev–Trinajstić information content (AvgIpc) is 3.93. The van der Waals surface area contributed by atoms with Crippen molar-refractivity contribution < 1.29 is 38.1 Å². The number of halogens is 3. The maximum Gasteiger partial charge on any atom is 0.341 e.